The van der Waals surface area contributed by atoms with Gasteiger partial charge >= 0.3 is 0 Å². The van der Waals surface area contributed by atoms with Crippen LogP contribution in [0.4, 0.5) is 0 Å². The Bertz CT molecular complexity index is 474. The number of rotatable bonds is 5. The lowest BCUT2D eigenvalue weighted by Crippen LogP contribution is -1.90. The molecular formula is C11H12N2O3S. The molecule has 0 fully saturated rings. The number of benzene rings is 1. The van der Waals surface area contributed by atoms with Gasteiger partial charge in [-0.25, -0.2) is 0 Å². The van der Waals surface area contributed by atoms with E-state index in [1.54, 1.807) is 26.0 Å². The van der Waals surface area contributed by atoms with Gasteiger partial charge in [-0.3, -0.25) is 0 Å². The fourth-order valence-electron chi connectivity index (χ4n) is 1.31. The van der Waals surface area contributed by atoms with Gasteiger partial charge in [0.1, 0.15) is 0 Å². The van der Waals surface area contributed by atoms with E-state index < -0.39 is 0 Å². The normalized spacial score (nSPS) is 10.2. The second-order valence-corrected chi connectivity index (χ2v) is 4.20. The molecule has 1 aromatic heterocycles. The molecule has 0 spiro atoms. The molecule has 2 rings (SSSR count). The van der Waals surface area contributed by atoms with E-state index >= 15 is 0 Å². The topological polar surface area (TPSA) is 57.4 Å². The summed E-state index contributed by atoms with van der Waals surface area (Å²) in [4.78, 5) is 5.02. The lowest BCUT2D eigenvalue weighted by molar-refractivity contribution is 0.354. The highest BCUT2D eigenvalue weighted by molar-refractivity contribution is 7.98. The van der Waals surface area contributed by atoms with E-state index in [1.807, 2.05) is 18.2 Å². The van der Waals surface area contributed by atoms with Gasteiger partial charge in [-0.05, 0) is 18.2 Å². The monoisotopic (exact) mass is 252 g/mol. The van der Waals surface area contributed by atoms with Crippen LogP contribution >= 0.6 is 11.8 Å². The van der Waals surface area contributed by atoms with Crippen molar-refractivity contribution in [2.45, 2.75) is 10.6 Å². The Hall–Kier alpha value is -1.69. The van der Waals surface area contributed by atoms with Crippen molar-refractivity contribution in [3.8, 4) is 11.5 Å². The largest absolute Gasteiger partial charge is 0.493 e. The van der Waals surface area contributed by atoms with E-state index in [0.29, 0.717) is 17.3 Å². The van der Waals surface area contributed by atoms with Crippen molar-refractivity contribution < 1.29 is 14.0 Å². The Balaban J connectivity index is 2.06. The second-order valence-electron chi connectivity index (χ2n) is 3.15. The van der Waals surface area contributed by atoms with E-state index in [0.717, 1.165) is 10.6 Å². The summed E-state index contributed by atoms with van der Waals surface area (Å²) in [5, 5.41) is 3.74. The van der Waals surface area contributed by atoms with Crippen LogP contribution in [-0.4, -0.2) is 24.4 Å². The zero-order valence-electron chi connectivity index (χ0n) is 9.54. The zero-order valence-corrected chi connectivity index (χ0v) is 10.4. The molecule has 0 atom stereocenters. The molecule has 0 saturated heterocycles. The van der Waals surface area contributed by atoms with Gasteiger partial charge in [0.25, 0.3) is 0 Å². The van der Waals surface area contributed by atoms with Crippen LogP contribution in [0.1, 0.15) is 5.82 Å². The third-order valence-electron chi connectivity index (χ3n) is 2.13. The molecule has 0 unspecified atom stereocenters. The molecule has 1 aromatic carbocycles. The Morgan fingerprint density at radius 2 is 2.06 bits per heavy atom. The van der Waals surface area contributed by atoms with Crippen molar-refractivity contribution in [2.75, 3.05) is 14.2 Å². The van der Waals surface area contributed by atoms with Crippen molar-refractivity contribution in [3.05, 3.63) is 30.4 Å². The zero-order chi connectivity index (χ0) is 12.1. The summed E-state index contributed by atoms with van der Waals surface area (Å²) >= 11 is 1.61. The Morgan fingerprint density at radius 3 is 2.71 bits per heavy atom. The van der Waals surface area contributed by atoms with Crippen LogP contribution in [0.25, 0.3) is 0 Å². The number of ether oxygens (including phenoxy) is 2. The predicted molar refractivity (Wildman–Crippen MR) is 63.4 cm³/mol. The first-order chi connectivity index (χ1) is 8.33. The molecule has 0 aliphatic heterocycles. The molecule has 0 N–H and O–H groups in total. The molecule has 90 valence electrons. The van der Waals surface area contributed by atoms with Crippen LogP contribution in [0.2, 0.25) is 0 Å². The molecule has 2 aromatic rings. The van der Waals surface area contributed by atoms with E-state index in [9.17, 15) is 0 Å². The highest BCUT2D eigenvalue weighted by atomic mass is 32.2. The van der Waals surface area contributed by atoms with Gasteiger partial charge in [0.2, 0.25) is 6.39 Å². The predicted octanol–water partition coefficient (Wildman–Crippen LogP) is 2.38. The van der Waals surface area contributed by atoms with Crippen LogP contribution in [0.3, 0.4) is 0 Å². The minimum atomic E-state index is 0.659. The maximum atomic E-state index is 5.23. The molecule has 0 aliphatic carbocycles. The molecule has 0 bridgehead atoms. The molecule has 0 amide bonds. The van der Waals surface area contributed by atoms with Gasteiger partial charge in [0.15, 0.2) is 17.3 Å². The average Bonchev–Trinajstić information content (AvgIpc) is 2.89. The van der Waals surface area contributed by atoms with Crippen LogP contribution in [0.15, 0.2) is 34.0 Å². The molecule has 0 aliphatic rings. The molecule has 17 heavy (non-hydrogen) atoms. The van der Waals surface area contributed by atoms with E-state index in [4.69, 9.17) is 9.47 Å². The van der Waals surface area contributed by atoms with Gasteiger partial charge in [0.05, 0.1) is 20.0 Å². The maximum absolute atomic E-state index is 5.23. The summed E-state index contributed by atoms with van der Waals surface area (Å²) in [6, 6.07) is 5.76. The number of aromatic nitrogens is 2. The molecule has 1 heterocycles. The minimum absolute atomic E-state index is 0.659. The summed E-state index contributed by atoms with van der Waals surface area (Å²) in [5.74, 6) is 2.76. The SMILES string of the molecule is COc1ccc(SCc2ncon2)cc1OC. The van der Waals surface area contributed by atoms with Crippen molar-refractivity contribution >= 4 is 11.8 Å². The maximum Gasteiger partial charge on any atom is 0.213 e. The lowest BCUT2D eigenvalue weighted by Gasteiger charge is -2.08. The van der Waals surface area contributed by atoms with Crippen molar-refractivity contribution in [1.29, 1.82) is 0 Å². The molecule has 6 heteroatoms. The average molecular weight is 252 g/mol. The molecular weight excluding hydrogens is 240 g/mol. The minimum Gasteiger partial charge on any atom is -0.493 e. The highest BCUT2D eigenvalue weighted by Gasteiger charge is 2.06. The second kappa shape index (κ2) is 5.58. The third kappa shape index (κ3) is 2.91. The Kier molecular flexibility index (Phi) is 3.87. The fraction of sp³-hybridized carbons (Fsp3) is 0.273. The van der Waals surface area contributed by atoms with Gasteiger partial charge in [-0.2, -0.15) is 4.98 Å². The number of hydrogen-bond donors (Lipinski definition) is 0. The smallest absolute Gasteiger partial charge is 0.213 e. The fourth-order valence-corrected chi connectivity index (χ4v) is 2.09. The summed E-state index contributed by atoms with van der Waals surface area (Å²) in [6.07, 6.45) is 1.32. The first-order valence-corrected chi connectivity index (χ1v) is 5.92. The lowest BCUT2D eigenvalue weighted by atomic mass is 10.3. The van der Waals surface area contributed by atoms with Gasteiger partial charge < -0.3 is 14.0 Å². The molecule has 5 nitrogen and oxygen atoms in total. The van der Waals surface area contributed by atoms with Crippen molar-refractivity contribution in [3.63, 3.8) is 0 Å². The standard InChI is InChI=1S/C11H12N2O3S/c1-14-9-4-3-8(5-10(9)15-2)17-6-11-12-7-16-13-11/h3-5,7H,6H2,1-2H3. The Morgan fingerprint density at radius 1 is 1.24 bits per heavy atom. The highest BCUT2D eigenvalue weighted by Crippen LogP contribution is 2.32. The number of methoxy groups -OCH3 is 2. The summed E-state index contributed by atoms with van der Waals surface area (Å²) in [6.45, 7) is 0. The molecule has 0 radical (unpaired) electrons. The van der Waals surface area contributed by atoms with Gasteiger partial charge in [-0.1, -0.05) is 5.16 Å². The number of nitrogens with zero attached hydrogens (tertiary/aromatic N) is 2. The number of thioether (sulfide) groups is 1. The first-order valence-electron chi connectivity index (χ1n) is 4.93. The van der Waals surface area contributed by atoms with Crippen LogP contribution in [-0.2, 0) is 5.75 Å². The first kappa shape index (κ1) is 11.8. The molecule has 0 saturated carbocycles. The van der Waals surface area contributed by atoms with E-state index in [2.05, 4.69) is 14.7 Å². The van der Waals surface area contributed by atoms with Crippen molar-refractivity contribution in [1.82, 2.24) is 10.1 Å². The van der Waals surface area contributed by atoms with Gasteiger partial charge in [0, 0.05) is 4.90 Å². The number of hydrogen-bond acceptors (Lipinski definition) is 6. The summed E-state index contributed by atoms with van der Waals surface area (Å²) in [5.41, 5.74) is 0. The quantitative estimate of drug-likeness (QED) is 0.761. The van der Waals surface area contributed by atoms with Crippen molar-refractivity contribution in [2.24, 2.45) is 0 Å². The summed E-state index contributed by atoms with van der Waals surface area (Å²) in [7, 11) is 3.23. The van der Waals surface area contributed by atoms with Crippen LogP contribution in [0, 0.1) is 0 Å². The van der Waals surface area contributed by atoms with Crippen LogP contribution in [0.5, 0.6) is 11.5 Å². The third-order valence-corrected chi connectivity index (χ3v) is 3.12. The van der Waals surface area contributed by atoms with E-state index in [-0.39, 0.29) is 0 Å². The van der Waals surface area contributed by atoms with Gasteiger partial charge in [-0.15, -0.1) is 11.8 Å². The summed E-state index contributed by atoms with van der Waals surface area (Å²) < 4.78 is 15.1. The van der Waals surface area contributed by atoms with Crippen LogP contribution < -0.4 is 9.47 Å². The Labute approximate surface area is 103 Å². The van der Waals surface area contributed by atoms with E-state index in [1.165, 1.54) is 6.39 Å².